The van der Waals surface area contributed by atoms with Gasteiger partial charge in [-0.2, -0.15) is 5.10 Å². The molecular weight excluding hydrogens is 382 g/mol. The number of benzene rings is 2. The molecule has 0 aliphatic carbocycles. The molecule has 8 heteroatoms. The quantitative estimate of drug-likeness (QED) is 0.512. The molecular formula is C22H21N5O3. The van der Waals surface area contributed by atoms with Crippen molar-refractivity contribution in [1.82, 2.24) is 25.5 Å². The van der Waals surface area contributed by atoms with E-state index in [-0.39, 0.29) is 12.5 Å². The fraction of sp³-hybridized carbons (Fsp3) is 0.182. The summed E-state index contributed by atoms with van der Waals surface area (Å²) in [4.78, 5) is 21.7. The zero-order chi connectivity index (χ0) is 21.1. The number of ether oxygens (including phenoxy) is 2. The second-order valence-corrected chi connectivity index (χ2v) is 6.70. The van der Waals surface area contributed by atoms with Gasteiger partial charge < -0.3 is 14.8 Å². The van der Waals surface area contributed by atoms with Crippen LogP contribution < -0.4 is 14.8 Å². The summed E-state index contributed by atoms with van der Waals surface area (Å²) in [5.74, 6) is 2.38. The first-order chi connectivity index (χ1) is 14.6. The van der Waals surface area contributed by atoms with Crippen molar-refractivity contribution in [2.75, 3.05) is 14.2 Å². The van der Waals surface area contributed by atoms with Crippen LogP contribution >= 0.6 is 0 Å². The van der Waals surface area contributed by atoms with E-state index in [9.17, 15) is 4.79 Å². The molecule has 0 saturated carbocycles. The van der Waals surface area contributed by atoms with Gasteiger partial charge in [-0.25, -0.2) is 4.98 Å². The molecule has 8 nitrogen and oxygen atoms in total. The van der Waals surface area contributed by atoms with Crippen LogP contribution in [0.4, 0.5) is 0 Å². The van der Waals surface area contributed by atoms with E-state index in [1.165, 1.54) is 0 Å². The van der Waals surface area contributed by atoms with Gasteiger partial charge in [-0.15, -0.1) is 0 Å². The van der Waals surface area contributed by atoms with E-state index < -0.39 is 0 Å². The number of carbonyl (C=O) groups excluding carboxylic acids is 1. The van der Waals surface area contributed by atoms with E-state index in [4.69, 9.17) is 9.47 Å². The third-order valence-corrected chi connectivity index (χ3v) is 4.76. The summed E-state index contributed by atoms with van der Waals surface area (Å²) in [5, 5.41) is 10.8. The summed E-state index contributed by atoms with van der Waals surface area (Å²) in [5.41, 5.74) is 2.80. The van der Waals surface area contributed by atoms with Gasteiger partial charge in [0.25, 0.3) is 5.91 Å². The van der Waals surface area contributed by atoms with E-state index in [1.807, 2.05) is 55.5 Å². The molecule has 0 aliphatic heterocycles. The fourth-order valence-corrected chi connectivity index (χ4v) is 3.10. The molecule has 0 atom stereocenters. The van der Waals surface area contributed by atoms with Crippen molar-refractivity contribution in [3.63, 3.8) is 0 Å². The van der Waals surface area contributed by atoms with Gasteiger partial charge >= 0.3 is 0 Å². The van der Waals surface area contributed by atoms with Crippen LogP contribution in [0.15, 0.2) is 48.5 Å². The molecule has 0 fully saturated rings. The topological polar surface area (TPSA) is 102 Å². The van der Waals surface area contributed by atoms with Gasteiger partial charge in [0.1, 0.15) is 17.3 Å². The summed E-state index contributed by atoms with van der Waals surface area (Å²) in [6.07, 6.45) is 0. The fourth-order valence-electron chi connectivity index (χ4n) is 3.10. The number of H-pyrrole nitrogens is 1. The highest BCUT2D eigenvalue weighted by molar-refractivity contribution is 5.98. The first-order valence-electron chi connectivity index (χ1n) is 9.36. The minimum Gasteiger partial charge on any atom is -0.497 e. The van der Waals surface area contributed by atoms with Crippen molar-refractivity contribution in [2.24, 2.45) is 0 Å². The Balaban J connectivity index is 1.47. The zero-order valence-electron chi connectivity index (χ0n) is 16.9. The van der Waals surface area contributed by atoms with Crippen molar-refractivity contribution < 1.29 is 14.3 Å². The number of amides is 1. The molecule has 4 rings (SSSR count). The number of aromatic nitrogens is 4. The van der Waals surface area contributed by atoms with Crippen LogP contribution in [0, 0.1) is 6.92 Å². The lowest BCUT2D eigenvalue weighted by Crippen LogP contribution is -2.24. The van der Waals surface area contributed by atoms with E-state index in [1.54, 1.807) is 14.2 Å². The molecule has 0 unspecified atom stereocenters. The lowest BCUT2D eigenvalue weighted by Gasteiger charge is -2.09. The number of rotatable bonds is 6. The Hall–Kier alpha value is -3.94. The predicted octanol–water partition coefficient (Wildman–Crippen LogP) is 3.28. The number of nitrogens with zero attached hydrogens (tertiary/aromatic N) is 3. The normalized spacial score (nSPS) is 10.8. The van der Waals surface area contributed by atoms with Crippen molar-refractivity contribution in [3.05, 3.63) is 65.6 Å². The Kier molecular flexibility index (Phi) is 5.30. The highest BCUT2D eigenvalue weighted by Gasteiger charge is 2.13. The summed E-state index contributed by atoms with van der Waals surface area (Å²) in [7, 11) is 3.23. The maximum atomic E-state index is 12.7. The summed E-state index contributed by atoms with van der Waals surface area (Å²) in [6.45, 7) is 2.03. The van der Waals surface area contributed by atoms with Crippen LogP contribution in [0.1, 0.15) is 21.9 Å². The van der Waals surface area contributed by atoms with Crippen molar-refractivity contribution in [1.29, 1.82) is 0 Å². The summed E-state index contributed by atoms with van der Waals surface area (Å²) in [6, 6.07) is 14.9. The van der Waals surface area contributed by atoms with Crippen LogP contribution in [-0.4, -0.2) is 40.3 Å². The van der Waals surface area contributed by atoms with E-state index >= 15 is 0 Å². The molecule has 2 heterocycles. The van der Waals surface area contributed by atoms with E-state index in [0.717, 1.165) is 28.0 Å². The molecule has 0 saturated heterocycles. The Morgan fingerprint density at radius 3 is 2.47 bits per heavy atom. The molecule has 0 bridgehead atoms. The molecule has 0 spiro atoms. The maximum absolute atomic E-state index is 12.7. The van der Waals surface area contributed by atoms with Crippen molar-refractivity contribution in [3.8, 4) is 22.9 Å². The summed E-state index contributed by atoms with van der Waals surface area (Å²) < 4.78 is 10.4. The lowest BCUT2D eigenvalue weighted by atomic mass is 10.1. The van der Waals surface area contributed by atoms with Crippen LogP contribution in [-0.2, 0) is 6.54 Å². The van der Waals surface area contributed by atoms with Crippen LogP contribution in [0.3, 0.4) is 0 Å². The highest BCUT2D eigenvalue weighted by Crippen LogP contribution is 2.22. The zero-order valence-corrected chi connectivity index (χ0v) is 16.9. The number of carbonyl (C=O) groups is 1. The first kappa shape index (κ1) is 19.4. The number of aryl methyl sites for hydroxylation is 1. The average Bonchev–Trinajstić information content (AvgIpc) is 3.25. The number of fused-ring (bicyclic) bond motifs is 1. The number of hydrogen-bond donors (Lipinski definition) is 2. The molecule has 152 valence electrons. The number of aromatic amines is 1. The maximum Gasteiger partial charge on any atom is 0.253 e. The molecule has 1 amide bonds. The standard InChI is InChI=1S/C22H21N5O3/c1-13-18(10-15-6-9-17(30-3)11-19(15)24-13)22(28)23-12-20-25-21(27-26-20)14-4-7-16(29-2)8-5-14/h4-11H,12H2,1-3H3,(H,23,28)(H,25,26,27). The second-order valence-electron chi connectivity index (χ2n) is 6.70. The van der Waals surface area contributed by atoms with Gasteiger partial charge in [-0.1, -0.05) is 0 Å². The van der Waals surface area contributed by atoms with Gasteiger partial charge in [0.05, 0.1) is 37.5 Å². The van der Waals surface area contributed by atoms with Gasteiger partial charge in [0.2, 0.25) is 0 Å². The lowest BCUT2D eigenvalue weighted by molar-refractivity contribution is 0.0949. The van der Waals surface area contributed by atoms with Crippen LogP contribution in [0.2, 0.25) is 0 Å². The van der Waals surface area contributed by atoms with Crippen LogP contribution in [0.5, 0.6) is 11.5 Å². The summed E-state index contributed by atoms with van der Waals surface area (Å²) >= 11 is 0. The minimum absolute atomic E-state index is 0.222. The van der Waals surface area contributed by atoms with Gasteiger partial charge in [0.15, 0.2) is 5.82 Å². The molecule has 2 aromatic carbocycles. The van der Waals surface area contributed by atoms with Gasteiger partial charge in [-0.05, 0) is 49.4 Å². The number of pyridine rings is 1. The smallest absolute Gasteiger partial charge is 0.253 e. The van der Waals surface area contributed by atoms with Gasteiger partial charge in [0, 0.05) is 17.0 Å². The number of hydrogen-bond acceptors (Lipinski definition) is 6. The Morgan fingerprint density at radius 1 is 1.00 bits per heavy atom. The molecule has 2 aromatic heterocycles. The van der Waals surface area contributed by atoms with Crippen LogP contribution in [0.25, 0.3) is 22.3 Å². The van der Waals surface area contributed by atoms with Crippen molar-refractivity contribution >= 4 is 16.8 Å². The Labute approximate surface area is 173 Å². The Morgan fingerprint density at radius 2 is 1.73 bits per heavy atom. The second kappa shape index (κ2) is 8.20. The third kappa shape index (κ3) is 3.93. The number of methoxy groups -OCH3 is 2. The van der Waals surface area contributed by atoms with Crippen molar-refractivity contribution in [2.45, 2.75) is 13.5 Å². The molecule has 0 aliphatic rings. The first-order valence-corrected chi connectivity index (χ1v) is 9.36. The monoisotopic (exact) mass is 403 g/mol. The SMILES string of the molecule is COc1ccc(-c2n[nH]c(CNC(=O)c3cc4ccc(OC)cc4nc3C)n2)cc1. The van der Waals surface area contributed by atoms with E-state index in [2.05, 4.69) is 25.5 Å². The Bertz CT molecular complexity index is 1200. The average molecular weight is 403 g/mol. The molecule has 4 aromatic rings. The minimum atomic E-state index is -0.222. The molecule has 30 heavy (non-hydrogen) atoms. The molecule has 2 N–H and O–H groups in total. The van der Waals surface area contributed by atoms with Gasteiger partial charge in [-0.3, -0.25) is 14.9 Å². The predicted molar refractivity (Wildman–Crippen MR) is 113 cm³/mol. The third-order valence-electron chi connectivity index (χ3n) is 4.76. The highest BCUT2D eigenvalue weighted by atomic mass is 16.5. The molecule has 0 radical (unpaired) electrons. The largest absolute Gasteiger partial charge is 0.497 e. The van der Waals surface area contributed by atoms with E-state index in [0.29, 0.717) is 22.9 Å². The number of nitrogens with one attached hydrogen (secondary N) is 2.